The number of nitrogens with one attached hydrogen (secondary N) is 2. The maximum Gasteiger partial charge on any atom is 0.0377 e. The van der Waals surface area contributed by atoms with E-state index in [1.165, 1.54) is 165 Å². The average Bonchev–Trinajstić information content (AvgIpc) is 2.90. The molecule has 3 heteroatoms. The van der Waals surface area contributed by atoms with E-state index in [2.05, 4.69) is 38.1 Å². The molecule has 2 atom stereocenters. The van der Waals surface area contributed by atoms with Gasteiger partial charge >= 0.3 is 0 Å². The molecule has 0 bridgehead atoms. The van der Waals surface area contributed by atoms with Crippen molar-refractivity contribution in [1.82, 2.24) is 5.32 Å². The summed E-state index contributed by atoms with van der Waals surface area (Å²) in [6, 6.07) is 0. The van der Waals surface area contributed by atoms with Crippen LogP contribution in [0.3, 0.4) is 0 Å². The molecule has 37 heavy (non-hydrogen) atoms. The monoisotopic (exact) mass is 534 g/mol. The van der Waals surface area contributed by atoms with Crippen LogP contribution in [-0.2, 0) is 0 Å². The van der Waals surface area contributed by atoms with Gasteiger partial charge in [0, 0.05) is 17.3 Å². The second-order valence-corrected chi connectivity index (χ2v) is 15.9. The Kier molecular flexibility index (Phi) is 21.8. The summed E-state index contributed by atoms with van der Waals surface area (Å²) in [5, 5.41) is 12.3. The molecule has 0 saturated carbocycles. The molecule has 0 aromatic rings. The van der Waals surface area contributed by atoms with Crippen molar-refractivity contribution in [3.8, 4) is 0 Å². The van der Waals surface area contributed by atoms with E-state index in [0.29, 0.717) is 5.37 Å². The smallest absolute Gasteiger partial charge is 0.0377 e. The summed E-state index contributed by atoms with van der Waals surface area (Å²) in [4.78, 5) is 0. The highest BCUT2D eigenvalue weighted by molar-refractivity contribution is 8.33. The van der Waals surface area contributed by atoms with E-state index in [4.69, 9.17) is 5.41 Å². The predicted octanol–water partition coefficient (Wildman–Crippen LogP) is 11.1. The van der Waals surface area contributed by atoms with Crippen LogP contribution in [0.5, 0.6) is 0 Å². The maximum atomic E-state index is 7.64. The van der Waals surface area contributed by atoms with Gasteiger partial charge in [0.1, 0.15) is 0 Å². The van der Waals surface area contributed by atoms with E-state index in [-0.39, 0.29) is 0 Å². The van der Waals surface area contributed by atoms with E-state index < -0.39 is 10.0 Å². The molecule has 2 nitrogen and oxygen atoms in total. The van der Waals surface area contributed by atoms with Gasteiger partial charge in [-0.2, -0.15) is 0 Å². The number of hydrogen-bond donors (Lipinski definition) is 2. The van der Waals surface area contributed by atoms with Crippen LogP contribution in [0.1, 0.15) is 155 Å². The number of rotatable bonds is 26. The third-order valence-corrected chi connectivity index (χ3v) is 12.4. The Bertz CT molecular complexity index is 599. The highest BCUT2D eigenvalue weighted by atomic mass is 32.3. The summed E-state index contributed by atoms with van der Waals surface area (Å²) >= 11 is 0. The molecule has 0 aromatic carbocycles. The van der Waals surface area contributed by atoms with Crippen LogP contribution >= 0.6 is 10.0 Å². The summed E-state index contributed by atoms with van der Waals surface area (Å²) in [6.07, 6.45) is 37.3. The van der Waals surface area contributed by atoms with Crippen LogP contribution in [-0.4, -0.2) is 35.9 Å². The zero-order chi connectivity index (χ0) is 27.0. The SMILES string of the molecule is C=C(C=N)C1=CCCS(C)(C(CCCCC)NCCCCCCCCCCCCCCCCCCC)C1. The Morgan fingerprint density at radius 1 is 0.811 bits per heavy atom. The van der Waals surface area contributed by atoms with Crippen LogP contribution in [0.2, 0.25) is 0 Å². The second kappa shape index (κ2) is 23.4. The number of unbranched alkanes of at least 4 members (excludes halogenated alkanes) is 18. The normalized spacial score (nSPS) is 20.2. The lowest BCUT2D eigenvalue weighted by Gasteiger charge is -2.47. The van der Waals surface area contributed by atoms with E-state index in [0.717, 1.165) is 11.3 Å². The molecule has 0 aromatic heterocycles. The Balaban J connectivity index is 2.10. The maximum absolute atomic E-state index is 7.64. The van der Waals surface area contributed by atoms with Crippen molar-refractivity contribution in [3.63, 3.8) is 0 Å². The molecule has 0 aliphatic carbocycles. The van der Waals surface area contributed by atoms with Crippen molar-refractivity contribution in [2.75, 3.05) is 24.3 Å². The number of allylic oxidation sites excluding steroid dienone is 2. The lowest BCUT2D eigenvalue weighted by Crippen LogP contribution is -2.38. The largest absolute Gasteiger partial charge is 0.308 e. The molecule has 2 unspecified atom stereocenters. The average molecular weight is 535 g/mol. The highest BCUT2D eigenvalue weighted by Gasteiger charge is 2.31. The molecule has 1 heterocycles. The zero-order valence-corrected chi connectivity index (χ0v) is 26.3. The molecule has 218 valence electrons. The van der Waals surface area contributed by atoms with Gasteiger partial charge in [-0.15, -0.1) is 0 Å². The van der Waals surface area contributed by atoms with Crippen molar-refractivity contribution in [2.45, 2.75) is 160 Å². The fourth-order valence-electron chi connectivity index (χ4n) is 5.83. The van der Waals surface area contributed by atoms with Crippen LogP contribution in [0.15, 0.2) is 23.8 Å². The molecule has 1 rings (SSSR count). The molecule has 0 amide bonds. The van der Waals surface area contributed by atoms with Crippen LogP contribution in [0, 0.1) is 5.41 Å². The van der Waals surface area contributed by atoms with Gasteiger partial charge in [0.15, 0.2) is 0 Å². The molecule has 1 aliphatic rings. The van der Waals surface area contributed by atoms with Crippen molar-refractivity contribution >= 4 is 16.2 Å². The molecular weight excluding hydrogens is 468 g/mol. The van der Waals surface area contributed by atoms with Crippen LogP contribution < -0.4 is 5.32 Å². The Morgan fingerprint density at radius 2 is 1.27 bits per heavy atom. The van der Waals surface area contributed by atoms with Crippen LogP contribution in [0.25, 0.3) is 0 Å². The van der Waals surface area contributed by atoms with E-state index in [1.54, 1.807) is 0 Å². The van der Waals surface area contributed by atoms with Gasteiger partial charge in [0.05, 0.1) is 0 Å². The van der Waals surface area contributed by atoms with Gasteiger partial charge in [-0.3, -0.25) is 0 Å². The highest BCUT2D eigenvalue weighted by Crippen LogP contribution is 2.54. The minimum absolute atomic E-state index is 0.669. The van der Waals surface area contributed by atoms with E-state index in [1.807, 2.05) is 0 Å². The fourth-order valence-corrected chi connectivity index (χ4v) is 9.38. The summed E-state index contributed by atoms with van der Waals surface area (Å²) < 4.78 is 0. The quantitative estimate of drug-likeness (QED) is 0.0840. The lowest BCUT2D eigenvalue weighted by molar-refractivity contribution is 0.513. The first-order valence-corrected chi connectivity index (χ1v) is 18.9. The standard InChI is InChI=1S/C34H66N2S/c1-5-7-9-10-11-12-13-14-15-16-17-18-19-20-21-22-24-28-36-34(27-23-8-6-2)37(4)29-25-26-33(31-37)32(3)30-35/h26,30,34-36H,3,5-25,27-29,31H2,1-2,4H3. The molecule has 0 radical (unpaired) electrons. The van der Waals surface area contributed by atoms with Gasteiger partial charge < -0.3 is 10.7 Å². The van der Waals surface area contributed by atoms with Gasteiger partial charge in [0.25, 0.3) is 0 Å². The summed E-state index contributed by atoms with van der Waals surface area (Å²) in [7, 11) is -0.732. The first-order valence-electron chi connectivity index (χ1n) is 16.4. The topological polar surface area (TPSA) is 35.9 Å². The Labute approximate surface area is 235 Å². The van der Waals surface area contributed by atoms with Gasteiger partial charge in [-0.05, 0) is 49.0 Å². The van der Waals surface area contributed by atoms with Gasteiger partial charge in [-0.1, -0.05) is 148 Å². The van der Waals surface area contributed by atoms with Gasteiger partial charge in [-0.25, -0.2) is 10.0 Å². The third-order valence-electron chi connectivity index (χ3n) is 8.46. The molecule has 1 aliphatic heterocycles. The van der Waals surface area contributed by atoms with Crippen molar-refractivity contribution < 1.29 is 0 Å². The predicted molar refractivity (Wildman–Crippen MR) is 174 cm³/mol. The molecule has 0 spiro atoms. The van der Waals surface area contributed by atoms with E-state index in [9.17, 15) is 0 Å². The first kappa shape index (κ1) is 34.5. The fraction of sp³-hybridized carbons (Fsp3) is 0.853. The molecular formula is C34H66N2S. The Hall–Kier alpha value is -0.540. The Morgan fingerprint density at radius 3 is 1.76 bits per heavy atom. The van der Waals surface area contributed by atoms with Gasteiger partial charge in [0.2, 0.25) is 0 Å². The summed E-state index contributed by atoms with van der Waals surface area (Å²) in [5.41, 5.74) is 2.28. The second-order valence-electron chi connectivity index (χ2n) is 12.0. The van der Waals surface area contributed by atoms with Crippen molar-refractivity contribution in [1.29, 1.82) is 5.41 Å². The van der Waals surface area contributed by atoms with Crippen LogP contribution in [0.4, 0.5) is 0 Å². The van der Waals surface area contributed by atoms with Crippen molar-refractivity contribution in [2.24, 2.45) is 0 Å². The lowest BCUT2D eigenvalue weighted by atomic mass is 10.0. The third kappa shape index (κ3) is 16.9. The summed E-state index contributed by atoms with van der Waals surface area (Å²) in [5.74, 6) is 2.49. The zero-order valence-electron chi connectivity index (χ0n) is 25.5. The van der Waals surface area contributed by atoms with E-state index >= 15 is 0 Å². The molecule has 2 N–H and O–H groups in total. The minimum Gasteiger partial charge on any atom is -0.308 e. The molecule has 0 fully saturated rings. The summed E-state index contributed by atoms with van der Waals surface area (Å²) in [6.45, 7) is 9.93. The number of hydrogen-bond acceptors (Lipinski definition) is 2. The van der Waals surface area contributed by atoms with Crippen molar-refractivity contribution in [3.05, 3.63) is 23.8 Å². The minimum atomic E-state index is -0.732. The molecule has 0 saturated heterocycles. The first-order chi connectivity index (χ1) is 18.1.